The van der Waals surface area contributed by atoms with Crippen molar-refractivity contribution in [2.45, 2.75) is 31.8 Å². The van der Waals surface area contributed by atoms with Gasteiger partial charge in [0.15, 0.2) is 0 Å². The average molecular weight is 300 g/mol. The Bertz CT molecular complexity index is 608. The molecule has 2 atom stereocenters. The molecular formula is C17H20N2O3. The molecular weight excluding hydrogens is 280 g/mol. The van der Waals surface area contributed by atoms with Crippen molar-refractivity contribution >= 4 is 11.9 Å². The first-order valence-corrected chi connectivity index (χ1v) is 7.25. The molecule has 116 valence electrons. The summed E-state index contributed by atoms with van der Waals surface area (Å²) in [6.45, 7) is 1.95. The minimum atomic E-state index is -0.937. The highest BCUT2D eigenvalue weighted by Crippen LogP contribution is 2.18. The minimum absolute atomic E-state index is 0.0243. The normalized spacial score (nSPS) is 13.3. The number of nitrogens with one attached hydrogen (secondary N) is 1. The summed E-state index contributed by atoms with van der Waals surface area (Å²) in [7, 11) is 0. The quantitative estimate of drug-likeness (QED) is 0.826. The molecule has 0 saturated heterocycles. The van der Waals surface area contributed by atoms with Crippen LogP contribution >= 0.6 is 0 Å². The first-order valence-electron chi connectivity index (χ1n) is 7.25. The second-order valence-corrected chi connectivity index (χ2v) is 5.31. The van der Waals surface area contributed by atoms with Gasteiger partial charge in [-0.25, -0.2) is 0 Å². The van der Waals surface area contributed by atoms with Crippen LogP contribution in [0.5, 0.6) is 0 Å². The van der Waals surface area contributed by atoms with Crippen LogP contribution in [0.2, 0.25) is 0 Å². The third kappa shape index (κ3) is 4.48. The number of carboxylic acid groups (broad SMARTS) is 1. The fraction of sp³-hybridized carbons (Fsp3) is 0.294. The van der Waals surface area contributed by atoms with Gasteiger partial charge in [-0.15, -0.1) is 0 Å². The number of benzene rings is 1. The van der Waals surface area contributed by atoms with Crippen LogP contribution in [0, 0.1) is 0 Å². The Hall–Kier alpha value is -2.56. The highest BCUT2D eigenvalue weighted by atomic mass is 16.4. The van der Waals surface area contributed by atoms with Crippen molar-refractivity contribution in [1.82, 2.24) is 9.88 Å². The van der Waals surface area contributed by atoms with E-state index >= 15 is 0 Å². The zero-order valence-electron chi connectivity index (χ0n) is 12.5. The van der Waals surface area contributed by atoms with Crippen LogP contribution in [-0.2, 0) is 9.59 Å². The summed E-state index contributed by atoms with van der Waals surface area (Å²) >= 11 is 0. The molecule has 0 aliphatic rings. The Balaban J connectivity index is 2.00. The maximum absolute atomic E-state index is 12.2. The average Bonchev–Trinajstić information content (AvgIpc) is 3.01. The molecule has 0 saturated carbocycles. The molecule has 0 radical (unpaired) electrons. The monoisotopic (exact) mass is 300 g/mol. The van der Waals surface area contributed by atoms with E-state index in [1.807, 2.05) is 66.3 Å². The molecule has 0 bridgehead atoms. The smallest absolute Gasteiger partial charge is 0.305 e. The largest absolute Gasteiger partial charge is 0.481 e. The van der Waals surface area contributed by atoms with Gasteiger partial charge in [-0.2, -0.15) is 0 Å². The third-order valence-electron chi connectivity index (χ3n) is 3.53. The lowest BCUT2D eigenvalue weighted by molar-refractivity contribution is -0.137. The topological polar surface area (TPSA) is 71.3 Å². The van der Waals surface area contributed by atoms with Gasteiger partial charge in [0.05, 0.1) is 12.5 Å². The molecule has 0 aliphatic heterocycles. The van der Waals surface area contributed by atoms with Crippen LogP contribution < -0.4 is 5.32 Å². The van der Waals surface area contributed by atoms with Gasteiger partial charge < -0.3 is 15.0 Å². The number of aliphatic carboxylic acids is 1. The maximum Gasteiger partial charge on any atom is 0.305 e. The molecule has 1 aromatic carbocycles. The fourth-order valence-corrected chi connectivity index (χ4v) is 2.38. The number of hydrogen-bond donors (Lipinski definition) is 2. The van der Waals surface area contributed by atoms with E-state index in [2.05, 4.69) is 5.32 Å². The summed E-state index contributed by atoms with van der Waals surface area (Å²) in [6.07, 6.45) is 3.99. The Morgan fingerprint density at radius 1 is 1.09 bits per heavy atom. The lowest BCUT2D eigenvalue weighted by atomic mass is 10.0. The molecule has 5 nitrogen and oxygen atoms in total. The van der Waals surface area contributed by atoms with E-state index < -0.39 is 12.0 Å². The van der Waals surface area contributed by atoms with Gasteiger partial charge in [0.25, 0.3) is 0 Å². The van der Waals surface area contributed by atoms with Gasteiger partial charge in [-0.1, -0.05) is 30.3 Å². The SMILES string of the molecule is C[C@@H](CC(=O)N[C@@H](CC(=O)O)c1ccccc1)n1cccc1. The van der Waals surface area contributed by atoms with E-state index in [4.69, 9.17) is 5.11 Å². The lowest BCUT2D eigenvalue weighted by Gasteiger charge is -2.19. The van der Waals surface area contributed by atoms with Crippen LogP contribution in [0.25, 0.3) is 0 Å². The molecule has 2 N–H and O–H groups in total. The molecule has 2 aromatic rings. The molecule has 1 amide bonds. The van der Waals surface area contributed by atoms with Crippen LogP contribution in [0.1, 0.15) is 37.4 Å². The first-order chi connectivity index (χ1) is 10.6. The Labute approximate surface area is 129 Å². The molecule has 0 spiro atoms. The molecule has 0 fully saturated rings. The van der Waals surface area contributed by atoms with Crippen molar-refractivity contribution in [3.63, 3.8) is 0 Å². The van der Waals surface area contributed by atoms with Gasteiger partial charge in [-0.3, -0.25) is 9.59 Å². The second kappa shape index (κ2) is 7.45. The van der Waals surface area contributed by atoms with E-state index in [-0.39, 0.29) is 18.4 Å². The maximum atomic E-state index is 12.2. The fourth-order valence-electron chi connectivity index (χ4n) is 2.38. The summed E-state index contributed by atoms with van der Waals surface area (Å²) in [5, 5.41) is 11.9. The molecule has 0 unspecified atom stereocenters. The molecule has 1 heterocycles. The first kappa shape index (κ1) is 15.8. The molecule has 2 rings (SSSR count). The Morgan fingerprint density at radius 3 is 2.32 bits per heavy atom. The molecule has 22 heavy (non-hydrogen) atoms. The molecule has 0 aliphatic carbocycles. The summed E-state index contributed by atoms with van der Waals surface area (Å²) in [5.74, 6) is -1.09. The zero-order valence-corrected chi connectivity index (χ0v) is 12.5. The number of nitrogens with zero attached hydrogens (tertiary/aromatic N) is 1. The van der Waals surface area contributed by atoms with Crippen LogP contribution in [-0.4, -0.2) is 21.6 Å². The van der Waals surface area contributed by atoms with Crippen molar-refractivity contribution in [2.75, 3.05) is 0 Å². The standard InChI is InChI=1S/C17H20N2O3/c1-13(19-9-5-6-10-19)11-16(20)18-15(12-17(21)22)14-7-3-2-4-8-14/h2-10,13,15H,11-12H2,1H3,(H,18,20)(H,21,22)/t13-,15-/m0/s1. The minimum Gasteiger partial charge on any atom is -0.481 e. The lowest BCUT2D eigenvalue weighted by Crippen LogP contribution is -2.31. The summed E-state index contributed by atoms with van der Waals surface area (Å²) in [5.41, 5.74) is 0.798. The van der Waals surface area contributed by atoms with Crippen LogP contribution in [0.3, 0.4) is 0 Å². The molecule has 5 heteroatoms. The van der Waals surface area contributed by atoms with Crippen LogP contribution in [0.4, 0.5) is 0 Å². The van der Waals surface area contributed by atoms with Crippen LogP contribution in [0.15, 0.2) is 54.9 Å². The van der Waals surface area contributed by atoms with Crippen molar-refractivity contribution in [2.24, 2.45) is 0 Å². The number of carbonyl (C=O) groups is 2. The number of rotatable bonds is 7. The summed E-state index contributed by atoms with van der Waals surface area (Å²) in [6, 6.07) is 12.5. The van der Waals surface area contributed by atoms with E-state index in [1.165, 1.54) is 0 Å². The van der Waals surface area contributed by atoms with Gasteiger partial charge in [-0.05, 0) is 24.6 Å². The van der Waals surface area contributed by atoms with E-state index in [1.54, 1.807) is 0 Å². The number of carbonyl (C=O) groups excluding carboxylic acids is 1. The number of carboxylic acids is 1. The van der Waals surface area contributed by atoms with Gasteiger partial charge in [0.1, 0.15) is 0 Å². The summed E-state index contributed by atoms with van der Waals surface area (Å²) < 4.78 is 1.95. The number of amides is 1. The summed E-state index contributed by atoms with van der Waals surface area (Å²) in [4.78, 5) is 23.2. The van der Waals surface area contributed by atoms with Crippen molar-refractivity contribution in [1.29, 1.82) is 0 Å². The van der Waals surface area contributed by atoms with Gasteiger partial charge in [0.2, 0.25) is 5.91 Å². The third-order valence-corrected chi connectivity index (χ3v) is 3.53. The molecule has 1 aromatic heterocycles. The van der Waals surface area contributed by atoms with E-state index in [0.717, 1.165) is 5.56 Å². The van der Waals surface area contributed by atoms with Crippen molar-refractivity contribution in [3.05, 3.63) is 60.4 Å². The van der Waals surface area contributed by atoms with Gasteiger partial charge in [0, 0.05) is 24.9 Å². The highest BCUT2D eigenvalue weighted by Gasteiger charge is 2.19. The highest BCUT2D eigenvalue weighted by molar-refractivity contribution is 5.78. The second-order valence-electron chi connectivity index (χ2n) is 5.31. The predicted molar refractivity (Wildman–Crippen MR) is 83.3 cm³/mol. The number of hydrogen-bond acceptors (Lipinski definition) is 2. The van der Waals surface area contributed by atoms with Crippen molar-refractivity contribution in [3.8, 4) is 0 Å². The van der Waals surface area contributed by atoms with Crippen molar-refractivity contribution < 1.29 is 14.7 Å². The Morgan fingerprint density at radius 2 is 1.73 bits per heavy atom. The Kier molecular flexibility index (Phi) is 5.36. The van der Waals surface area contributed by atoms with Gasteiger partial charge >= 0.3 is 5.97 Å². The van der Waals surface area contributed by atoms with E-state index in [0.29, 0.717) is 6.42 Å². The number of aromatic nitrogens is 1. The predicted octanol–water partition coefficient (Wildman–Crippen LogP) is 2.77. The van der Waals surface area contributed by atoms with E-state index in [9.17, 15) is 9.59 Å². The zero-order chi connectivity index (χ0) is 15.9.